The maximum atomic E-state index is 13.9. The highest BCUT2D eigenvalue weighted by atomic mass is 16.6. The van der Waals surface area contributed by atoms with Crippen LogP contribution in [-0.4, -0.2) is 73.1 Å². The molecule has 10 nitrogen and oxygen atoms in total. The Kier molecular flexibility index (Phi) is 11.5. The van der Waals surface area contributed by atoms with Crippen LogP contribution in [0.2, 0.25) is 0 Å². The number of nitrogens with one attached hydrogen (secondary N) is 2. The highest BCUT2D eigenvalue weighted by Gasteiger charge is 2.31. The van der Waals surface area contributed by atoms with Crippen molar-refractivity contribution in [1.82, 2.24) is 14.8 Å². The molecule has 244 valence electrons. The number of carbonyl (C=O) groups excluding carboxylic acids is 3. The van der Waals surface area contributed by atoms with Gasteiger partial charge in [-0.2, -0.15) is 0 Å². The van der Waals surface area contributed by atoms with E-state index in [9.17, 15) is 14.4 Å². The van der Waals surface area contributed by atoms with Gasteiger partial charge in [-0.1, -0.05) is 30.3 Å². The molecule has 1 aliphatic rings. The number of hydrogen-bond acceptors (Lipinski definition) is 6. The van der Waals surface area contributed by atoms with E-state index in [0.717, 1.165) is 31.4 Å². The average Bonchev–Trinajstić information content (AvgIpc) is 3.28. The van der Waals surface area contributed by atoms with E-state index >= 15 is 0 Å². The lowest BCUT2D eigenvalue weighted by Crippen LogP contribution is -2.46. The van der Waals surface area contributed by atoms with Gasteiger partial charge in [0, 0.05) is 74.0 Å². The van der Waals surface area contributed by atoms with Crippen LogP contribution in [-0.2, 0) is 32.0 Å². The van der Waals surface area contributed by atoms with Gasteiger partial charge in [0.2, 0.25) is 5.91 Å². The summed E-state index contributed by atoms with van der Waals surface area (Å²) < 4.78 is 18.0. The number of likely N-dealkylation sites (tertiary alicyclic amines) is 1. The molecule has 0 aliphatic carbocycles. The lowest BCUT2D eigenvalue weighted by Gasteiger charge is -2.35. The Morgan fingerprint density at radius 2 is 1.76 bits per heavy atom. The Bertz CT molecular complexity index is 1460. The molecule has 1 fully saturated rings. The fourth-order valence-electron chi connectivity index (χ4n) is 6.22. The van der Waals surface area contributed by atoms with E-state index in [4.69, 9.17) is 9.47 Å². The average molecular weight is 621 g/mol. The second-order valence-electron chi connectivity index (χ2n) is 12.8. The molecule has 0 spiro atoms. The summed E-state index contributed by atoms with van der Waals surface area (Å²) in [4.78, 5) is 40.2. The van der Waals surface area contributed by atoms with Crippen LogP contribution in [0.1, 0.15) is 69.2 Å². The molecule has 3 amide bonds. The molecule has 2 aromatic carbocycles. The highest BCUT2D eigenvalue weighted by Crippen LogP contribution is 2.36. The molecular formula is C35H48N4O6. The van der Waals surface area contributed by atoms with E-state index in [1.165, 1.54) is 29.3 Å². The van der Waals surface area contributed by atoms with Gasteiger partial charge in [-0.05, 0) is 82.7 Å². The largest absolute Gasteiger partial charge is 0.453 e. The molecule has 0 bridgehead atoms. The molecule has 4 rings (SSSR count). The number of benzene rings is 2. The Hall–Kier alpha value is -4.05. The third-order valence-electron chi connectivity index (χ3n) is 8.17. The number of amides is 3. The third kappa shape index (κ3) is 9.23. The lowest BCUT2D eigenvalue weighted by atomic mass is 9.91. The first-order valence-corrected chi connectivity index (χ1v) is 15.8. The van der Waals surface area contributed by atoms with Gasteiger partial charge in [0.05, 0.1) is 7.11 Å². The van der Waals surface area contributed by atoms with Crippen LogP contribution in [0.3, 0.4) is 0 Å². The predicted octanol–water partition coefficient (Wildman–Crippen LogP) is 6.40. The van der Waals surface area contributed by atoms with E-state index in [0.29, 0.717) is 31.8 Å². The van der Waals surface area contributed by atoms with E-state index in [1.54, 1.807) is 19.2 Å². The molecule has 2 heterocycles. The minimum absolute atomic E-state index is 0.00411. The number of ether oxygens (including phenoxy) is 3. The first kappa shape index (κ1) is 33.8. The number of anilines is 1. The number of fused-ring (bicyclic) bond motifs is 1. The zero-order valence-corrected chi connectivity index (χ0v) is 27.5. The van der Waals surface area contributed by atoms with Crippen LogP contribution in [0, 0.1) is 6.92 Å². The zero-order chi connectivity index (χ0) is 32.6. The number of nitrogens with zero attached hydrogens (tertiary/aromatic N) is 2. The molecule has 10 heteroatoms. The highest BCUT2D eigenvalue weighted by molar-refractivity contribution is 5.86. The van der Waals surface area contributed by atoms with E-state index in [1.807, 2.05) is 37.8 Å². The molecule has 1 aliphatic heterocycles. The first-order chi connectivity index (χ1) is 21.5. The van der Waals surface area contributed by atoms with Gasteiger partial charge in [0.15, 0.2) is 0 Å². The Balaban J connectivity index is 1.51. The SMILES string of the molecule is COCCCn1c(C2CCCN(C(=O)CC(Cc3ccc(NC(=O)OC)cc3)NC(=O)OC(C)(C)C)C2)c(C)c2ccccc21. The molecule has 2 N–H and O–H groups in total. The Labute approximate surface area is 266 Å². The van der Waals surface area contributed by atoms with E-state index < -0.39 is 23.8 Å². The molecule has 45 heavy (non-hydrogen) atoms. The van der Waals surface area contributed by atoms with Gasteiger partial charge in [0.1, 0.15) is 5.60 Å². The van der Waals surface area contributed by atoms with Gasteiger partial charge in [-0.25, -0.2) is 9.59 Å². The number of alkyl carbamates (subject to hydrolysis) is 1. The van der Waals surface area contributed by atoms with Crippen LogP contribution in [0.25, 0.3) is 10.9 Å². The van der Waals surface area contributed by atoms with Crippen molar-refractivity contribution < 1.29 is 28.6 Å². The Morgan fingerprint density at radius 3 is 2.44 bits per heavy atom. The minimum Gasteiger partial charge on any atom is -0.453 e. The summed E-state index contributed by atoms with van der Waals surface area (Å²) in [5, 5.41) is 6.83. The summed E-state index contributed by atoms with van der Waals surface area (Å²) in [6.45, 7) is 10.5. The number of aromatic nitrogens is 1. The quantitative estimate of drug-likeness (QED) is 0.240. The van der Waals surface area contributed by atoms with Crippen molar-refractivity contribution in [2.75, 3.05) is 39.2 Å². The monoisotopic (exact) mass is 620 g/mol. The number of carbonyl (C=O) groups is 3. The molecule has 2 atom stereocenters. The standard InChI is InChI=1S/C35H48N4O6/c1-24-29-12-7-8-13-30(29)39(19-10-20-43-5)32(24)26-11-9-18-38(23-26)31(40)22-28(37-34(42)45-35(2,3)4)21-25-14-16-27(17-15-25)36-33(41)44-6/h7-8,12-17,26,28H,9-11,18-23H2,1-6H3,(H,36,41)(H,37,42). The molecule has 1 aromatic heterocycles. The normalized spacial score (nSPS) is 15.9. The van der Waals surface area contributed by atoms with Crippen molar-refractivity contribution in [2.45, 2.75) is 83.9 Å². The van der Waals surface area contributed by atoms with Crippen molar-refractivity contribution >= 4 is 34.7 Å². The second kappa shape index (κ2) is 15.3. The van der Waals surface area contributed by atoms with E-state index in [-0.39, 0.29) is 18.2 Å². The molecule has 1 saturated heterocycles. The summed E-state index contributed by atoms with van der Waals surface area (Å²) in [5.74, 6) is 0.217. The van der Waals surface area contributed by atoms with Crippen molar-refractivity contribution in [3.63, 3.8) is 0 Å². The van der Waals surface area contributed by atoms with Gasteiger partial charge in [0.25, 0.3) is 0 Å². The third-order valence-corrected chi connectivity index (χ3v) is 8.17. The van der Waals surface area contributed by atoms with Crippen molar-refractivity contribution in [3.05, 3.63) is 65.4 Å². The van der Waals surface area contributed by atoms with Gasteiger partial charge < -0.3 is 29.0 Å². The number of methoxy groups -OCH3 is 2. The predicted molar refractivity (Wildman–Crippen MR) is 176 cm³/mol. The van der Waals surface area contributed by atoms with Crippen LogP contribution >= 0.6 is 0 Å². The van der Waals surface area contributed by atoms with Crippen LogP contribution < -0.4 is 10.6 Å². The van der Waals surface area contributed by atoms with E-state index in [2.05, 4.69) is 51.1 Å². The number of hydrogen-bond donors (Lipinski definition) is 2. The number of aryl methyl sites for hydroxylation is 2. The van der Waals surface area contributed by atoms with Crippen molar-refractivity contribution in [3.8, 4) is 0 Å². The molecule has 0 saturated carbocycles. The number of rotatable bonds is 11. The molecule has 0 radical (unpaired) electrons. The minimum atomic E-state index is -0.667. The summed E-state index contributed by atoms with van der Waals surface area (Å²) in [6.07, 6.45) is 2.29. The topological polar surface area (TPSA) is 111 Å². The first-order valence-electron chi connectivity index (χ1n) is 15.8. The maximum absolute atomic E-state index is 13.9. The number of para-hydroxylation sites is 1. The van der Waals surface area contributed by atoms with Gasteiger partial charge >= 0.3 is 12.2 Å². The summed E-state index contributed by atoms with van der Waals surface area (Å²) >= 11 is 0. The van der Waals surface area contributed by atoms with Crippen molar-refractivity contribution in [2.24, 2.45) is 0 Å². The smallest absolute Gasteiger partial charge is 0.411 e. The fraction of sp³-hybridized carbons (Fsp3) is 0.514. The van der Waals surface area contributed by atoms with Gasteiger partial charge in [-0.15, -0.1) is 0 Å². The van der Waals surface area contributed by atoms with Gasteiger partial charge in [-0.3, -0.25) is 10.1 Å². The lowest BCUT2D eigenvalue weighted by molar-refractivity contribution is -0.132. The van der Waals surface area contributed by atoms with Crippen molar-refractivity contribution in [1.29, 1.82) is 0 Å². The maximum Gasteiger partial charge on any atom is 0.411 e. The zero-order valence-electron chi connectivity index (χ0n) is 27.5. The fourth-order valence-corrected chi connectivity index (χ4v) is 6.22. The number of piperidine rings is 1. The Morgan fingerprint density at radius 1 is 1.02 bits per heavy atom. The molecular weight excluding hydrogens is 572 g/mol. The summed E-state index contributed by atoms with van der Waals surface area (Å²) in [7, 11) is 3.04. The summed E-state index contributed by atoms with van der Waals surface area (Å²) in [6, 6.07) is 15.3. The summed E-state index contributed by atoms with van der Waals surface area (Å²) in [5.41, 5.74) is 4.63. The molecule has 2 unspecified atom stereocenters. The van der Waals surface area contributed by atoms with Crippen LogP contribution in [0.4, 0.5) is 15.3 Å². The second-order valence-corrected chi connectivity index (χ2v) is 12.8. The molecule has 3 aromatic rings. The van der Waals surface area contributed by atoms with Crippen LogP contribution in [0.5, 0.6) is 0 Å². The van der Waals surface area contributed by atoms with Crippen LogP contribution in [0.15, 0.2) is 48.5 Å².